The molecular weight excluding hydrogens is 208 g/mol. The summed E-state index contributed by atoms with van der Waals surface area (Å²) >= 11 is 0. The van der Waals surface area contributed by atoms with Crippen molar-refractivity contribution in [1.82, 2.24) is 0 Å². The first-order chi connectivity index (χ1) is 8.09. The summed E-state index contributed by atoms with van der Waals surface area (Å²) in [6.45, 7) is 8.19. The van der Waals surface area contributed by atoms with Crippen molar-refractivity contribution in [2.75, 3.05) is 0 Å². The van der Waals surface area contributed by atoms with E-state index in [-0.39, 0.29) is 5.78 Å². The van der Waals surface area contributed by atoms with Gasteiger partial charge in [-0.15, -0.1) is 0 Å². The van der Waals surface area contributed by atoms with Gasteiger partial charge >= 0.3 is 0 Å². The quantitative estimate of drug-likeness (QED) is 0.505. The van der Waals surface area contributed by atoms with Crippen LogP contribution in [0.2, 0.25) is 0 Å². The maximum Gasteiger partial charge on any atom is 0.158 e. The molecule has 0 aromatic carbocycles. The molecule has 0 aromatic rings. The van der Waals surface area contributed by atoms with Crippen molar-refractivity contribution in [2.45, 2.75) is 46.0 Å². The van der Waals surface area contributed by atoms with E-state index in [1.54, 1.807) is 0 Å². The van der Waals surface area contributed by atoms with Gasteiger partial charge in [-0.2, -0.15) is 0 Å². The minimum Gasteiger partial charge on any atom is -0.295 e. The highest BCUT2D eigenvalue weighted by Gasteiger charge is 2.20. The van der Waals surface area contributed by atoms with E-state index in [9.17, 15) is 4.79 Å². The van der Waals surface area contributed by atoms with E-state index in [1.807, 2.05) is 0 Å². The molecule has 0 aliphatic heterocycles. The molecule has 1 aliphatic rings. The number of allylic oxidation sites excluding steroid dienone is 5. The smallest absolute Gasteiger partial charge is 0.158 e. The summed E-state index contributed by atoms with van der Waals surface area (Å²) in [7, 11) is 0. The van der Waals surface area contributed by atoms with Crippen LogP contribution in [0.5, 0.6) is 0 Å². The van der Waals surface area contributed by atoms with Crippen LogP contribution in [-0.2, 0) is 4.79 Å². The van der Waals surface area contributed by atoms with Crippen LogP contribution in [0.15, 0.2) is 36.5 Å². The Kier molecular flexibility index (Phi) is 5.96. The van der Waals surface area contributed by atoms with Crippen molar-refractivity contribution in [2.24, 2.45) is 11.8 Å². The lowest BCUT2D eigenvalue weighted by Crippen LogP contribution is -2.16. The minimum atomic E-state index is 0.275. The van der Waals surface area contributed by atoms with Gasteiger partial charge in [0.1, 0.15) is 0 Å². The molecule has 0 N–H and O–H groups in total. The molecule has 17 heavy (non-hydrogen) atoms. The van der Waals surface area contributed by atoms with Gasteiger partial charge in [-0.3, -0.25) is 4.79 Å². The van der Waals surface area contributed by atoms with Crippen molar-refractivity contribution in [3.05, 3.63) is 36.5 Å². The summed E-state index contributed by atoms with van der Waals surface area (Å²) in [4.78, 5) is 11.3. The van der Waals surface area contributed by atoms with Crippen molar-refractivity contribution < 1.29 is 4.79 Å². The fraction of sp³-hybridized carbons (Fsp3) is 0.562. The molecule has 0 amide bonds. The van der Waals surface area contributed by atoms with E-state index in [1.165, 1.54) is 6.42 Å². The molecule has 1 heteroatoms. The number of carbonyl (C=O) groups is 1. The lowest BCUT2D eigenvalue weighted by atomic mass is 9.83. The molecule has 1 aliphatic carbocycles. The Balaban J connectivity index is 2.19. The number of ketones is 1. The van der Waals surface area contributed by atoms with Gasteiger partial charge < -0.3 is 0 Å². The molecule has 0 saturated heterocycles. The van der Waals surface area contributed by atoms with Crippen molar-refractivity contribution in [3.63, 3.8) is 0 Å². The lowest BCUT2D eigenvalue weighted by molar-refractivity contribution is -0.117. The second kappa shape index (κ2) is 7.26. The van der Waals surface area contributed by atoms with Crippen LogP contribution in [-0.4, -0.2) is 5.78 Å². The molecule has 0 aromatic heterocycles. The lowest BCUT2D eigenvalue weighted by Gasteiger charge is -2.21. The molecule has 0 radical (unpaired) electrons. The maximum absolute atomic E-state index is 11.3. The van der Waals surface area contributed by atoms with Gasteiger partial charge in [-0.25, -0.2) is 0 Å². The maximum atomic E-state index is 11.3. The van der Waals surface area contributed by atoms with Gasteiger partial charge in [0.2, 0.25) is 0 Å². The molecule has 94 valence electrons. The average molecular weight is 232 g/mol. The van der Waals surface area contributed by atoms with Crippen LogP contribution >= 0.6 is 0 Å². The van der Waals surface area contributed by atoms with E-state index in [0.717, 1.165) is 24.8 Å². The van der Waals surface area contributed by atoms with Crippen LogP contribution in [0.3, 0.4) is 0 Å². The average Bonchev–Trinajstić information content (AvgIpc) is 2.27. The predicted octanol–water partition coefficient (Wildman–Crippen LogP) is 4.46. The number of hydrogen-bond acceptors (Lipinski definition) is 1. The Hall–Kier alpha value is -1.11. The van der Waals surface area contributed by atoms with E-state index >= 15 is 0 Å². The summed E-state index contributed by atoms with van der Waals surface area (Å²) in [6, 6.07) is 0. The van der Waals surface area contributed by atoms with Gasteiger partial charge in [0, 0.05) is 6.42 Å². The molecule has 1 atom stereocenters. The summed E-state index contributed by atoms with van der Waals surface area (Å²) < 4.78 is 0. The summed E-state index contributed by atoms with van der Waals surface area (Å²) in [5, 5.41) is 0. The second-order valence-electron chi connectivity index (χ2n) is 5.27. The van der Waals surface area contributed by atoms with Gasteiger partial charge in [-0.1, -0.05) is 44.7 Å². The standard InChI is InChI=1S/C16H24O/c1-13(2)8-6-4-5-7-9-15-10-11-16(17)14(3)12-15/h4-6,8,13,15H,3,7,9-12H2,1-2H3/b5-4+,8-6+. The van der Waals surface area contributed by atoms with Gasteiger partial charge in [0.05, 0.1) is 0 Å². The second-order valence-corrected chi connectivity index (χ2v) is 5.27. The molecule has 0 spiro atoms. The minimum absolute atomic E-state index is 0.275. The Morgan fingerprint density at radius 3 is 2.82 bits per heavy atom. The van der Waals surface area contributed by atoms with Crippen molar-refractivity contribution >= 4 is 5.78 Å². The zero-order valence-electron chi connectivity index (χ0n) is 11.1. The zero-order chi connectivity index (χ0) is 12.7. The predicted molar refractivity (Wildman–Crippen MR) is 73.8 cm³/mol. The summed E-state index contributed by atoms with van der Waals surface area (Å²) in [6.07, 6.45) is 13.6. The van der Waals surface area contributed by atoms with E-state index in [4.69, 9.17) is 0 Å². The van der Waals surface area contributed by atoms with Gasteiger partial charge in [0.25, 0.3) is 0 Å². The third-order valence-electron chi connectivity index (χ3n) is 3.19. The fourth-order valence-corrected chi connectivity index (χ4v) is 2.12. The van der Waals surface area contributed by atoms with E-state index < -0.39 is 0 Å². The SMILES string of the molecule is C=C1CC(CC/C=C/C=C/C(C)C)CCC1=O. The van der Waals surface area contributed by atoms with Gasteiger partial charge in [-0.05, 0) is 43.1 Å². The monoisotopic (exact) mass is 232 g/mol. The molecule has 1 saturated carbocycles. The Morgan fingerprint density at radius 2 is 2.18 bits per heavy atom. The highest BCUT2D eigenvalue weighted by atomic mass is 16.1. The Bertz CT molecular complexity index is 320. The van der Waals surface area contributed by atoms with Crippen LogP contribution in [0.4, 0.5) is 0 Å². The molecule has 0 heterocycles. The van der Waals surface area contributed by atoms with Crippen molar-refractivity contribution in [3.8, 4) is 0 Å². The molecule has 1 rings (SSSR count). The third-order valence-corrected chi connectivity index (χ3v) is 3.19. The van der Waals surface area contributed by atoms with Crippen LogP contribution in [0.25, 0.3) is 0 Å². The highest BCUT2D eigenvalue weighted by molar-refractivity contribution is 5.95. The van der Waals surface area contributed by atoms with Crippen LogP contribution in [0.1, 0.15) is 46.0 Å². The first-order valence-corrected chi connectivity index (χ1v) is 6.64. The van der Waals surface area contributed by atoms with E-state index in [2.05, 4.69) is 44.7 Å². The fourth-order valence-electron chi connectivity index (χ4n) is 2.12. The van der Waals surface area contributed by atoms with Crippen molar-refractivity contribution in [1.29, 1.82) is 0 Å². The third kappa shape index (κ3) is 5.67. The zero-order valence-corrected chi connectivity index (χ0v) is 11.1. The molecule has 1 nitrogen and oxygen atoms in total. The van der Waals surface area contributed by atoms with Crippen LogP contribution < -0.4 is 0 Å². The number of carbonyl (C=O) groups excluding carboxylic acids is 1. The first kappa shape index (κ1) is 14.0. The summed E-state index contributed by atoms with van der Waals surface area (Å²) in [5.41, 5.74) is 0.838. The first-order valence-electron chi connectivity index (χ1n) is 6.64. The molecule has 1 fully saturated rings. The number of Topliss-reactive ketones (excluding diaryl/α,β-unsaturated/α-hetero) is 1. The molecular formula is C16H24O. The number of hydrogen-bond donors (Lipinski definition) is 0. The number of rotatable bonds is 5. The Morgan fingerprint density at radius 1 is 1.41 bits per heavy atom. The van der Waals surface area contributed by atoms with E-state index in [0.29, 0.717) is 18.3 Å². The molecule has 1 unspecified atom stereocenters. The normalized spacial score (nSPS) is 22.2. The van der Waals surface area contributed by atoms with Gasteiger partial charge in [0.15, 0.2) is 5.78 Å². The molecule has 0 bridgehead atoms. The van der Waals surface area contributed by atoms with Crippen LogP contribution in [0, 0.1) is 11.8 Å². The highest BCUT2D eigenvalue weighted by Crippen LogP contribution is 2.28. The Labute approximate surface area is 105 Å². The summed E-state index contributed by atoms with van der Waals surface area (Å²) in [5.74, 6) is 1.56. The largest absolute Gasteiger partial charge is 0.295 e. The topological polar surface area (TPSA) is 17.1 Å².